The first-order valence-corrected chi connectivity index (χ1v) is 8.84. The first-order valence-electron chi connectivity index (χ1n) is 8.84. The lowest BCUT2D eigenvalue weighted by Crippen LogP contribution is -2.35. The van der Waals surface area contributed by atoms with Crippen molar-refractivity contribution in [1.82, 2.24) is 14.9 Å². The van der Waals surface area contributed by atoms with E-state index in [9.17, 15) is 5.11 Å². The molecule has 2 heterocycles. The molecular weight excluding hydrogens is 302 g/mol. The van der Waals surface area contributed by atoms with Crippen LogP contribution in [0.1, 0.15) is 29.5 Å². The SMILES string of the molecule is O[C@@H]1CC(Cn2ccnc2)C[C@H]1NCc1cccc2c1COCC2. The predicted octanol–water partition coefficient (Wildman–Crippen LogP) is 1.89. The molecule has 24 heavy (non-hydrogen) atoms. The average Bonchev–Trinajstić information content (AvgIpc) is 3.23. The van der Waals surface area contributed by atoms with Crippen LogP contribution < -0.4 is 5.32 Å². The second-order valence-electron chi connectivity index (χ2n) is 7.01. The minimum absolute atomic E-state index is 0.166. The molecule has 5 nitrogen and oxygen atoms in total. The van der Waals surface area contributed by atoms with Crippen molar-refractivity contribution >= 4 is 0 Å². The van der Waals surface area contributed by atoms with Gasteiger partial charge in [-0.2, -0.15) is 0 Å². The maximum atomic E-state index is 10.4. The molecule has 5 heteroatoms. The number of fused-ring (bicyclic) bond motifs is 1. The topological polar surface area (TPSA) is 59.3 Å². The molecule has 1 aliphatic heterocycles. The summed E-state index contributed by atoms with van der Waals surface area (Å²) < 4.78 is 7.72. The largest absolute Gasteiger partial charge is 0.391 e. The highest BCUT2D eigenvalue weighted by Crippen LogP contribution is 2.28. The maximum absolute atomic E-state index is 10.4. The van der Waals surface area contributed by atoms with Gasteiger partial charge in [0.25, 0.3) is 0 Å². The number of nitrogens with zero attached hydrogens (tertiary/aromatic N) is 2. The average molecular weight is 327 g/mol. The lowest BCUT2D eigenvalue weighted by atomic mass is 9.97. The predicted molar refractivity (Wildman–Crippen MR) is 91.4 cm³/mol. The van der Waals surface area contributed by atoms with Crippen LogP contribution in [-0.2, 0) is 30.9 Å². The van der Waals surface area contributed by atoms with Gasteiger partial charge in [0.05, 0.1) is 25.6 Å². The van der Waals surface area contributed by atoms with E-state index in [-0.39, 0.29) is 12.1 Å². The summed E-state index contributed by atoms with van der Waals surface area (Å²) in [4.78, 5) is 4.09. The highest BCUT2D eigenvalue weighted by molar-refractivity contribution is 5.36. The Bertz CT molecular complexity index is 671. The Kier molecular flexibility index (Phi) is 4.65. The molecular formula is C19H25N3O2. The smallest absolute Gasteiger partial charge is 0.0945 e. The first kappa shape index (κ1) is 15.8. The molecule has 0 amide bonds. The van der Waals surface area contributed by atoms with Gasteiger partial charge in [0.2, 0.25) is 0 Å². The van der Waals surface area contributed by atoms with Gasteiger partial charge in [-0.3, -0.25) is 0 Å². The molecule has 2 aromatic rings. The van der Waals surface area contributed by atoms with E-state index < -0.39 is 0 Å². The minimum Gasteiger partial charge on any atom is -0.391 e. The quantitative estimate of drug-likeness (QED) is 0.880. The number of hydrogen-bond donors (Lipinski definition) is 2. The fourth-order valence-electron chi connectivity index (χ4n) is 4.05. The zero-order valence-electron chi connectivity index (χ0n) is 13.9. The number of aliphatic hydroxyl groups is 1. The number of ether oxygens (including phenoxy) is 1. The Labute approximate surface area is 142 Å². The number of nitrogens with one attached hydrogen (secondary N) is 1. The van der Waals surface area contributed by atoms with Crippen molar-refractivity contribution in [2.45, 2.75) is 51.1 Å². The highest BCUT2D eigenvalue weighted by atomic mass is 16.5. The lowest BCUT2D eigenvalue weighted by Gasteiger charge is -2.22. The number of hydrogen-bond acceptors (Lipinski definition) is 4. The molecule has 1 aromatic heterocycles. The van der Waals surface area contributed by atoms with Crippen molar-refractivity contribution in [2.24, 2.45) is 5.92 Å². The van der Waals surface area contributed by atoms with Gasteiger partial charge in [-0.1, -0.05) is 18.2 Å². The molecule has 2 aliphatic rings. The van der Waals surface area contributed by atoms with E-state index in [1.54, 1.807) is 0 Å². The second kappa shape index (κ2) is 7.05. The zero-order valence-corrected chi connectivity index (χ0v) is 13.9. The number of benzene rings is 1. The summed E-state index contributed by atoms with van der Waals surface area (Å²) >= 11 is 0. The van der Waals surface area contributed by atoms with Crippen LogP contribution in [-0.4, -0.2) is 33.4 Å². The second-order valence-corrected chi connectivity index (χ2v) is 7.01. The summed E-state index contributed by atoms with van der Waals surface area (Å²) in [6.07, 6.45) is 8.24. The zero-order chi connectivity index (χ0) is 16.4. The molecule has 2 N–H and O–H groups in total. The van der Waals surface area contributed by atoms with Crippen LogP contribution in [0.15, 0.2) is 36.9 Å². The third-order valence-corrected chi connectivity index (χ3v) is 5.34. The summed E-state index contributed by atoms with van der Waals surface area (Å²) in [5.74, 6) is 0.500. The van der Waals surface area contributed by atoms with Gasteiger partial charge in [-0.15, -0.1) is 0 Å². The van der Waals surface area contributed by atoms with Crippen molar-refractivity contribution in [1.29, 1.82) is 0 Å². The molecule has 0 saturated heterocycles. The minimum atomic E-state index is -0.269. The monoisotopic (exact) mass is 327 g/mol. The number of aromatic nitrogens is 2. The Morgan fingerprint density at radius 1 is 1.33 bits per heavy atom. The fraction of sp³-hybridized carbons (Fsp3) is 0.526. The van der Waals surface area contributed by atoms with E-state index >= 15 is 0 Å². The molecule has 1 fully saturated rings. The Hall–Kier alpha value is -1.69. The molecule has 1 aliphatic carbocycles. The molecule has 0 spiro atoms. The normalized spacial score (nSPS) is 26.5. The van der Waals surface area contributed by atoms with E-state index in [0.717, 1.165) is 39.0 Å². The number of rotatable bonds is 5. The van der Waals surface area contributed by atoms with E-state index in [4.69, 9.17) is 4.74 Å². The Balaban J connectivity index is 1.36. The van der Waals surface area contributed by atoms with Gasteiger partial charge in [0.1, 0.15) is 0 Å². The summed E-state index contributed by atoms with van der Waals surface area (Å²) in [7, 11) is 0. The van der Waals surface area contributed by atoms with Gasteiger partial charge in [-0.25, -0.2) is 4.98 Å². The van der Waals surface area contributed by atoms with E-state index in [1.807, 2.05) is 18.7 Å². The first-order chi connectivity index (χ1) is 11.8. The Morgan fingerprint density at radius 3 is 3.17 bits per heavy atom. The van der Waals surface area contributed by atoms with Crippen LogP contribution in [0.25, 0.3) is 0 Å². The third-order valence-electron chi connectivity index (χ3n) is 5.34. The van der Waals surface area contributed by atoms with Crippen molar-refractivity contribution < 1.29 is 9.84 Å². The van der Waals surface area contributed by atoms with Crippen LogP contribution in [0.4, 0.5) is 0 Å². The molecule has 3 atom stereocenters. The van der Waals surface area contributed by atoms with Crippen molar-refractivity contribution in [3.8, 4) is 0 Å². The maximum Gasteiger partial charge on any atom is 0.0945 e. The van der Waals surface area contributed by atoms with Gasteiger partial charge >= 0.3 is 0 Å². The highest BCUT2D eigenvalue weighted by Gasteiger charge is 2.32. The van der Waals surface area contributed by atoms with Gasteiger partial charge < -0.3 is 19.7 Å². The van der Waals surface area contributed by atoms with Gasteiger partial charge in [-0.05, 0) is 41.9 Å². The van der Waals surface area contributed by atoms with E-state index in [0.29, 0.717) is 12.5 Å². The fourth-order valence-corrected chi connectivity index (χ4v) is 4.05. The molecule has 1 saturated carbocycles. The summed E-state index contributed by atoms with van der Waals surface area (Å²) in [6.45, 7) is 3.26. The van der Waals surface area contributed by atoms with Crippen molar-refractivity contribution in [3.63, 3.8) is 0 Å². The summed E-state index contributed by atoms with van der Waals surface area (Å²) in [5, 5.41) is 14.0. The molecule has 1 unspecified atom stereocenters. The van der Waals surface area contributed by atoms with Crippen LogP contribution in [0, 0.1) is 5.92 Å². The molecule has 0 radical (unpaired) electrons. The molecule has 4 rings (SSSR count). The van der Waals surface area contributed by atoms with Crippen LogP contribution >= 0.6 is 0 Å². The number of aliphatic hydroxyl groups excluding tert-OH is 1. The lowest BCUT2D eigenvalue weighted by molar-refractivity contribution is 0.109. The molecule has 0 bridgehead atoms. The number of imidazole rings is 1. The standard InChI is InChI=1S/C19H25N3O2/c23-19-9-14(11-22-6-5-20-13-22)8-18(19)21-10-16-3-1-2-15-4-7-24-12-17(15)16/h1-3,5-6,13-14,18-19,21,23H,4,7-12H2/t14?,18-,19-/m1/s1. The van der Waals surface area contributed by atoms with E-state index in [2.05, 4.69) is 33.1 Å². The summed E-state index contributed by atoms with van der Waals surface area (Å²) in [5.41, 5.74) is 4.04. The van der Waals surface area contributed by atoms with Crippen LogP contribution in [0.5, 0.6) is 0 Å². The van der Waals surface area contributed by atoms with Crippen LogP contribution in [0.3, 0.4) is 0 Å². The third kappa shape index (κ3) is 3.38. The summed E-state index contributed by atoms with van der Waals surface area (Å²) in [6, 6.07) is 6.67. The molecule has 1 aromatic carbocycles. The van der Waals surface area contributed by atoms with E-state index in [1.165, 1.54) is 16.7 Å². The Morgan fingerprint density at radius 2 is 2.29 bits per heavy atom. The van der Waals surface area contributed by atoms with Crippen molar-refractivity contribution in [2.75, 3.05) is 6.61 Å². The van der Waals surface area contributed by atoms with Gasteiger partial charge in [0, 0.05) is 31.5 Å². The van der Waals surface area contributed by atoms with Gasteiger partial charge in [0.15, 0.2) is 0 Å². The van der Waals surface area contributed by atoms with Crippen molar-refractivity contribution in [3.05, 3.63) is 53.6 Å². The molecule has 128 valence electrons. The van der Waals surface area contributed by atoms with Crippen LogP contribution in [0.2, 0.25) is 0 Å².